The van der Waals surface area contributed by atoms with Crippen LogP contribution < -0.4 is 10.3 Å². The maximum absolute atomic E-state index is 12.5. The number of fused-ring (bicyclic) bond motifs is 1. The first-order chi connectivity index (χ1) is 11.3. The summed E-state index contributed by atoms with van der Waals surface area (Å²) in [4.78, 5) is 14.4. The molecule has 4 nitrogen and oxygen atoms in total. The maximum Gasteiger partial charge on any atom is 0.233 e. The van der Waals surface area contributed by atoms with Crippen LogP contribution in [0.15, 0.2) is 59.7 Å². The zero-order valence-corrected chi connectivity index (χ0v) is 13.3. The summed E-state index contributed by atoms with van der Waals surface area (Å²) in [5.74, 6) is 0.116. The minimum Gasteiger partial charge on any atom is -0.311 e. The molecule has 1 aliphatic rings. The number of nitrogens with one attached hydrogen (secondary N) is 1. The highest BCUT2D eigenvalue weighted by molar-refractivity contribution is 6.21. The number of nitrogens with zero attached hydrogens (tertiary/aromatic N) is 2. The number of benzene rings is 2. The van der Waals surface area contributed by atoms with Crippen LogP contribution >= 0.6 is 0 Å². The molecule has 2 aromatic carbocycles. The van der Waals surface area contributed by atoms with Crippen molar-refractivity contribution in [1.82, 2.24) is 0 Å². The predicted molar refractivity (Wildman–Crippen MR) is 94.9 cm³/mol. The molecular formula is C19H21N3O. The highest BCUT2D eigenvalue weighted by Gasteiger charge is 2.27. The van der Waals surface area contributed by atoms with E-state index in [1.807, 2.05) is 59.5 Å². The van der Waals surface area contributed by atoms with Crippen LogP contribution in [0.5, 0.6) is 0 Å². The van der Waals surface area contributed by atoms with Crippen molar-refractivity contribution in [2.75, 3.05) is 16.9 Å². The normalized spacial score (nSPS) is 15.6. The minimum absolute atomic E-state index is 0.116. The second-order valence-corrected chi connectivity index (χ2v) is 5.63. The van der Waals surface area contributed by atoms with E-state index in [9.17, 15) is 4.79 Å². The summed E-state index contributed by atoms with van der Waals surface area (Å²) in [6, 6.07) is 17.8. The fourth-order valence-electron chi connectivity index (χ4n) is 2.73. The lowest BCUT2D eigenvalue weighted by Gasteiger charge is -2.30. The van der Waals surface area contributed by atoms with E-state index in [0.717, 1.165) is 42.0 Å². The van der Waals surface area contributed by atoms with Gasteiger partial charge in [0, 0.05) is 12.1 Å². The van der Waals surface area contributed by atoms with E-state index in [1.165, 1.54) is 0 Å². The molecule has 1 N–H and O–H groups in total. The molecule has 0 aliphatic carbocycles. The average Bonchev–Trinajstić information content (AvgIpc) is 2.60. The molecule has 23 heavy (non-hydrogen) atoms. The van der Waals surface area contributed by atoms with E-state index >= 15 is 0 Å². The number of para-hydroxylation sites is 2. The van der Waals surface area contributed by atoms with Gasteiger partial charge >= 0.3 is 0 Å². The molecule has 3 rings (SSSR count). The molecule has 2 aromatic rings. The maximum atomic E-state index is 12.5. The van der Waals surface area contributed by atoms with Crippen LogP contribution in [-0.4, -0.2) is 18.2 Å². The van der Waals surface area contributed by atoms with E-state index in [0.29, 0.717) is 6.42 Å². The van der Waals surface area contributed by atoms with Crippen molar-refractivity contribution >= 4 is 23.0 Å². The Morgan fingerprint density at radius 1 is 1.09 bits per heavy atom. The van der Waals surface area contributed by atoms with E-state index in [1.54, 1.807) is 0 Å². The lowest BCUT2D eigenvalue weighted by Crippen LogP contribution is -2.38. The molecule has 4 heteroatoms. The van der Waals surface area contributed by atoms with Crippen molar-refractivity contribution in [3.63, 3.8) is 0 Å². The van der Waals surface area contributed by atoms with Gasteiger partial charge in [-0.25, -0.2) is 0 Å². The summed E-state index contributed by atoms with van der Waals surface area (Å²) >= 11 is 0. The minimum atomic E-state index is 0.116. The second-order valence-electron chi connectivity index (χ2n) is 5.63. The third kappa shape index (κ3) is 3.42. The number of hydrogen-bond donors (Lipinski definition) is 1. The quantitative estimate of drug-likeness (QED) is 0.847. The van der Waals surface area contributed by atoms with Gasteiger partial charge in [0.2, 0.25) is 5.91 Å². The number of carbonyl (C=O) groups is 1. The molecule has 1 aliphatic heterocycles. The molecule has 0 bridgehead atoms. The molecule has 1 amide bonds. The number of carbonyl (C=O) groups excluding carboxylic acids is 1. The van der Waals surface area contributed by atoms with Crippen molar-refractivity contribution in [1.29, 1.82) is 0 Å². The van der Waals surface area contributed by atoms with E-state index in [-0.39, 0.29) is 5.91 Å². The Morgan fingerprint density at radius 2 is 1.83 bits per heavy atom. The van der Waals surface area contributed by atoms with Crippen LogP contribution in [0.3, 0.4) is 0 Å². The van der Waals surface area contributed by atoms with Gasteiger partial charge in [0.05, 0.1) is 23.5 Å². The third-order valence-corrected chi connectivity index (χ3v) is 3.95. The molecule has 1 heterocycles. The van der Waals surface area contributed by atoms with Gasteiger partial charge in [0.1, 0.15) is 0 Å². The van der Waals surface area contributed by atoms with E-state index in [2.05, 4.69) is 17.5 Å². The van der Waals surface area contributed by atoms with Crippen LogP contribution in [0.2, 0.25) is 0 Å². The summed E-state index contributed by atoms with van der Waals surface area (Å²) < 4.78 is 0. The third-order valence-electron chi connectivity index (χ3n) is 3.95. The fourth-order valence-corrected chi connectivity index (χ4v) is 2.73. The van der Waals surface area contributed by atoms with Gasteiger partial charge in [0.15, 0.2) is 0 Å². The van der Waals surface area contributed by atoms with Crippen LogP contribution in [0.25, 0.3) is 0 Å². The molecule has 0 radical (unpaired) electrons. The highest BCUT2D eigenvalue weighted by Crippen LogP contribution is 2.28. The molecule has 0 fully saturated rings. The monoisotopic (exact) mass is 307 g/mol. The molecule has 0 saturated heterocycles. The summed E-state index contributed by atoms with van der Waals surface area (Å²) in [6.07, 6.45) is 2.41. The van der Waals surface area contributed by atoms with Crippen LogP contribution in [-0.2, 0) is 4.79 Å². The highest BCUT2D eigenvalue weighted by atomic mass is 16.2. The number of amides is 1. The first-order valence-corrected chi connectivity index (χ1v) is 8.07. The number of unbranched alkanes of at least 4 members (excludes halogenated alkanes) is 1. The fraction of sp³-hybridized carbons (Fsp3) is 0.263. The van der Waals surface area contributed by atoms with Gasteiger partial charge in [-0.05, 0) is 24.6 Å². The van der Waals surface area contributed by atoms with Crippen molar-refractivity contribution in [3.05, 3.63) is 60.2 Å². The van der Waals surface area contributed by atoms with Gasteiger partial charge in [0.25, 0.3) is 0 Å². The first kappa shape index (κ1) is 15.3. The Morgan fingerprint density at radius 3 is 2.61 bits per heavy atom. The topological polar surface area (TPSA) is 44.7 Å². The summed E-state index contributed by atoms with van der Waals surface area (Å²) in [5.41, 5.74) is 6.76. The average molecular weight is 307 g/mol. The number of hydrogen-bond acceptors (Lipinski definition) is 3. The van der Waals surface area contributed by atoms with E-state index in [4.69, 9.17) is 0 Å². The zero-order valence-electron chi connectivity index (χ0n) is 13.3. The Kier molecular flexibility index (Phi) is 4.71. The molecule has 118 valence electrons. The lowest BCUT2D eigenvalue weighted by molar-refractivity contribution is -0.117. The first-order valence-electron chi connectivity index (χ1n) is 8.07. The Balaban J connectivity index is 1.89. The van der Waals surface area contributed by atoms with Crippen LogP contribution in [0.1, 0.15) is 31.7 Å². The lowest BCUT2D eigenvalue weighted by atomic mass is 9.98. The summed E-state index contributed by atoms with van der Waals surface area (Å²) in [7, 11) is 0. The Labute approximate surface area is 136 Å². The van der Waals surface area contributed by atoms with Gasteiger partial charge in [-0.3, -0.25) is 10.2 Å². The van der Waals surface area contributed by atoms with Crippen molar-refractivity contribution in [3.8, 4) is 0 Å². The Hall–Kier alpha value is -2.62. The largest absolute Gasteiger partial charge is 0.311 e. The smallest absolute Gasteiger partial charge is 0.233 e. The molecule has 0 spiro atoms. The molecule has 0 atom stereocenters. The zero-order chi connectivity index (χ0) is 16.1. The number of rotatable bonds is 5. The molecule has 0 saturated carbocycles. The molecule has 0 aromatic heterocycles. The van der Waals surface area contributed by atoms with Gasteiger partial charge in [-0.2, -0.15) is 5.10 Å². The standard InChI is InChI=1S/C19H21N3O/c1-2-3-13-22-18-12-8-7-11-16(18)17(14-19(22)23)21-20-15-9-5-4-6-10-15/h4-12,20H,2-3,13-14H2,1H3/b21-17-. The molecule has 0 unspecified atom stereocenters. The van der Waals surface area contributed by atoms with Crippen LogP contribution in [0.4, 0.5) is 11.4 Å². The second kappa shape index (κ2) is 7.09. The number of hydrazone groups is 1. The van der Waals surface area contributed by atoms with Crippen molar-refractivity contribution in [2.24, 2.45) is 5.10 Å². The SMILES string of the molecule is CCCCN1C(=O)C/C(=N/Nc2ccccc2)c2ccccc21. The Bertz CT molecular complexity index is 710. The van der Waals surface area contributed by atoms with Crippen molar-refractivity contribution in [2.45, 2.75) is 26.2 Å². The molecular weight excluding hydrogens is 286 g/mol. The van der Waals surface area contributed by atoms with E-state index < -0.39 is 0 Å². The van der Waals surface area contributed by atoms with Gasteiger partial charge < -0.3 is 4.90 Å². The van der Waals surface area contributed by atoms with Crippen molar-refractivity contribution < 1.29 is 4.79 Å². The van der Waals surface area contributed by atoms with Crippen LogP contribution in [0, 0.1) is 0 Å². The summed E-state index contributed by atoms with van der Waals surface area (Å²) in [5, 5.41) is 4.48. The predicted octanol–water partition coefficient (Wildman–Crippen LogP) is 4.04. The van der Waals surface area contributed by atoms with Gasteiger partial charge in [-0.1, -0.05) is 49.7 Å². The summed E-state index contributed by atoms with van der Waals surface area (Å²) in [6.45, 7) is 2.91. The number of anilines is 2. The van der Waals surface area contributed by atoms with Gasteiger partial charge in [-0.15, -0.1) is 0 Å².